The standard InChI is InChI=1S/C13H20O4/c1-3-4-8-7-9-10(14)5-6-11(15)12(9)13(16-2)17-8/h8,11,13,15H,3-7H2,1-2H3/t8-,11+,13-/m0/s1. The monoisotopic (exact) mass is 240 g/mol. The van der Waals surface area contributed by atoms with Gasteiger partial charge in [0.05, 0.1) is 12.2 Å². The summed E-state index contributed by atoms with van der Waals surface area (Å²) in [6.45, 7) is 2.09. The van der Waals surface area contributed by atoms with Crippen molar-refractivity contribution in [3.63, 3.8) is 0 Å². The van der Waals surface area contributed by atoms with Gasteiger partial charge in [-0.05, 0) is 12.8 Å². The van der Waals surface area contributed by atoms with Crippen molar-refractivity contribution in [2.75, 3.05) is 7.11 Å². The van der Waals surface area contributed by atoms with E-state index in [9.17, 15) is 9.90 Å². The van der Waals surface area contributed by atoms with Gasteiger partial charge in [-0.15, -0.1) is 0 Å². The number of aliphatic hydroxyl groups is 1. The summed E-state index contributed by atoms with van der Waals surface area (Å²) in [5, 5.41) is 9.97. The number of aliphatic hydroxyl groups excluding tert-OH is 1. The minimum Gasteiger partial charge on any atom is -0.389 e. The first-order chi connectivity index (χ1) is 8.17. The van der Waals surface area contributed by atoms with E-state index in [1.807, 2.05) is 0 Å². The van der Waals surface area contributed by atoms with Gasteiger partial charge in [0.25, 0.3) is 0 Å². The molecule has 1 heterocycles. The molecule has 2 rings (SSSR count). The van der Waals surface area contributed by atoms with Gasteiger partial charge in [0, 0.05) is 31.1 Å². The summed E-state index contributed by atoms with van der Waals surface area (Å²) >= 11 is 0. The van der Waals surface area contributed by atoms with E-state index in [0.29, 0.717) is 24.8 Å². The van der Waals surface area contributed by atoms with Crippen LogP contribution in [0.15, 0.2) is 11.1 Å². The molecule has 1 N–H and O–H groups in total. The highest BCUT2D eigenvalue weighted by molar-refractivity contribution is 5.97. The van der Waals surface area contributed by atoms with Crippen LogP contribution in [0.25, 0.3) is 0 Å². The Labute approximate surface area is 102 Å². The second-order valence-corrected chi connectivity index (χ2v) is 4.73. The van der Waals surface area contributed by atoms with E-state index in [0.717, 1.165) is 18.4 Å². The van der Waals surface area contributed by atoms with Gasteiger partial charge in [0.15, 0.2) is 12.1 Å². The summed E-state index contributed by atoms with van der Waals surface area (Å²) in [4.78, 5) is 11.9. The van der Waals surface area contributed by atoms with Crippen molar-refractivity contribution >= 4 is 5.78 Å². The van der Waals surface area contributed by atoms with Gasteiger partial charge in [-0.3, -0.25) is 4.79 Å². The van der Waals surface area contributed by atoms with E-state index in [-0.39, 0.29) is 11.9 Å². The van der Waals surface area contributed by atoms with Gasteiger partial charge < -0.3 is 14.6 Å². The quantitative estimate of drug-likeness (QED) is 0.813. The van der Waals surface area contributed by atoms with Crippen LogP contribution in [0.1, 0.15) is 39.0 Å². The normalized spacial score (nSPS) is 33.8. The first kappa shape index (κ1) is 12.7. The van der Waals surface area contributed by atoms with Gasteiger partial charge in [-0.25, -0.2) is 0 Å². The van der Waals surface area contributed by atoms with Gasteiger partial charge >= 0.3 is 0 Å². The van der Waals surface area contributed by atoms with E-state index in [1.54, 1.807) is 7.11 Å². The van der Waals surface area contributed by atoms with Gasteiger partial charge in [-0.2, -0.15) is 0 Å². The number of hydrogen-bond donors (Lipinski definition) is 1. The summed E-state index contributed by atoms with van der Waals surface area (Å²) in [6, 6.07) is 0. The second-order valence-electron chi connectivity index (χ2n) is 4.73. The molecule has 0 bridgehead atoms. The second kappa shape index (κ2) is 5.29. The van der Waals surface area contributed by atoms with Crippen molar-refractivity contribution < 1.29 is 19.4 Å². The summed E-state index contributed by atoms with van der Waals surface area (Å²) in [7, 11) is 1.55. The Morgan fingerprint density at radius 1 is 1.53 bits per heavy atom. The number of ether oxygens (including phenoxy) is 2. The molecule has 0 saturated carbocycles. The molecule has 2 aliphatic rings. The SMILES string of the molecule is CCC[C@H]1CC2=C([C@@H](OC)O1)[C@H](O)CCC2=O. The highest BCUT2D eigenvalue weighted by Gasteiger charge is 2.38. The summed E-state index contributed by atoms with van der Waals surface area (Å²) in [6.07, 6.45) is 2.39. The van der Waals surface area contributed by atoms with Crippen molar-refractivity contribution in [2.24, 2.45) is 0 Å². The minimum atomic E-state index is -0.588. The zero-order valence-corrected chi connectivity index (χ0v) is 10.4. The van der Waals surface area contributed by atoms with Crippen molar-refractivity contribution in [2.45, 2.75) is 57.5 Å². The van der Waals surface area contributed by atoms with Crippen LogP contribution in [-0.4, -0.2) is 36.5 Å². The van der Waals surface area contributed by atoms with E-state index in [4.69, 9.17) is 9.47 Å². The Kier molecular flexibility index (Phi) is 3.97. The Hall–Kier alpha value is -0.710. The zero-order valence-electron chi connectivity index (χ0n) is 10.4. The van der Waals surface area contributed by atoms with Crippen LogP contribution < -0.4 is 0 Å². The molecule has 0 aromatic carbocycles. The van der Waals surface area contributed by atoms with Crippen LogP contribution in [0.3, 0.4) is 0 Å². The molecule has 0 fully saturated rings. The number of carbonyl (C=O) groups is 1. The topological polar surface area (TPSA) is 55.8 Å². The number of rotatable bonds is 3. The molecule has 0 saturated heterocycles. The van der Waals surface area contributed by atoms with Crippen LogP contribution >= 0.6 is 0 Å². The van der Waals surface area contributed by atoms with Gasteiger partial charge in [0.2, 0.25) is 0 Å². The molecule has 4 heteroatoms. The molecular weight excluding hydrogens is 220 g/mol. The third-order valence-electron chi connectivity index (χ3n) is 3.52. The summed E-state index contributed by atoms with van der Waals surface area (Å²) < 4.78 is 11.0. The molecule has 0 spiro atoms. The molecule has 96 valence electrons. The van der Waals surface area contributed by atoms with Crippen molar-refractivity contribution in [3.05, 3.63) is 11.1 Å². The Balaban J connectivity index is 2.28. The summed E-state index contributed by atoms with van der Waals surface area (Å²) in [5.74, 6) is 0.150. The molecule has 0 aromatic heterocycles. The maximum atomic E-state index is 11.9. The maximum absolute atomic E-state index is 11.9. The van der Waals surface area contributed by atoms with E-state index in [2.05, 4.69) is 6.92 Å². The molecule has 0 amide bonds. The average Bonchev–Trinajstić information content (AvgIpc) is 2.33. The van der Waals surface area contributed by atoms with Gasteiger partial charge in [-0.1, -0.05) is 13.3 Å². The average molecular weight is 240 g/mol. The van der Waals surface area contributed by atoms with E-state index >= 15 is 0 Å². The molecule has 1 aliphatic carbocycles. The third kappa shape index (κ3) is 2.44. The van der Waals surface area contributed by atoms with E-state index < -0.39 is 12.4 Å². The predicted molar refractivity (Wildman–Crippen MR) is 62.5 cm³/mol. The van der Waals surface area contributed by atoms with Crippen molar-refractivity contribution in [1.29, 1.82) is 0 Å². The molecular formula is C13H20O4. The van der Waals surface area contributed by atoms with Crippen LogP contribution in [0.2, 0.25) is 0 Å². The number of ketones is 1. The molecule has 0 radical (unpaired) electrons. The van der Waals surface area contributed by atoms with Crippen LogP contribution in [-0.2, 0) is 14.3 Å². The van der Waals surface area contributed by atoms with Crippen LogP contribution in [0.5, 0.6) is 0 Å². The lowest BCUT2D eigenvalue weighted by Crippen LogP contribution is -2.40. The first-order valence-corrected chi connectivity index (χ1v) is 6.29. The predicted octanol–water partition coefficient (Wildman–Crippen LogP) is 1.57. The Morgan fingerprint density at radius 2 is 2.29 bits per heavy atom. The first-order valence-electron chi connectivity index (χ1n) is 6.29. The zero-order chi connectivity index (χ0) is 12.4. The lowest BCUT2D eigenvalue weighted by Gasteiger charge is -2.37. The molecule has 17 heavy (non-hydrogen) atoms. The number of hydrogen-bond acceptors (Lipinski definition) is 4. The fraction of sp³-hybridized carbons (Fsp3) is 0.769. The smallest absolute Gasteiger partial charge is 0.182 e. The lowest BCUT2D eigenvalue weighted by atomic mass is 9.83. The highest BCUT2D eigenvalue weighted by atomic mass is 16.7. The van der Waals surface area contributed by atoms with Crippen molar-refractivity contribution in [3.8, 4) is 0 Å². The third-order valence-corrected chi connectivity index (χ3v) is 3.52. The lowest BCUT2D eigenvalue weighted by molar-refractivity contribution is -0.155. The maximum Gasteiger partial charge on any atom is 0.182 e. The summed E-state index contributed by atoms with van der Waals surface area (Å²) in [5.41, 5.74) is 1.41. The number of Topliss-reactive ketones (excluding diaryl/α,β-unsaturated/α-hetero) is 1. The molecule has 1 aliphatic heterocycles. The van der Waals surface area contributed by atoms with Crippen molar-refractivity contribution in [1.82, 2.24) is 0 Å². The molecule has 4 nitrogen and oxygen atoms in total. The Morgan fingerprint density at radius 3 is 2.94 bits per heavy atom. The Bertz CT molecular complexity index is 334. The van der Waals surface area contributed by atoms with E-state index in [1.165, 1.54) is 0 Å². The highest BCUT2D eigenvalue weighted by Crippen LogP contribution is 2.35. The van der Waals surface area contributed by atoms with Gasteiger partial charge in [0.1, 0.15) is 0 Å². The van der Waals surface area contributed by atoms with Crippen LogP contribution in [0.4, 0.5) is 0 Å². The largest absolute Gasteiger partial charge is 0.389 e. The number of methoxy groups -OCH3 is 1. The molecule has 0 unspecified atom stereocenters. The fourth-order valence-electron chi connectivity index (χ4n) is 2.67. The minimum absolute atomic E-state index is 0.0398. The number of carbonyl (C=O) groups excluding carboxylic acids is 1. The molecule has 3 atom stereocenters. The van der Waals surface area contributed by atoms with Crippen LogP contribution in [0, 0.1) is 0 Å². The fourth-order valence-corrected chi connectivity index (χ4v) is 2.67. The molecule has 0 aromatic rings.